The first kappa shape index (κ1) is 14.6. The lowest BCUT2D eigenvalue weighted by atomic mass is 9.98. The van der Waals surface area contributed by atoms with Crippen molar-refractivity contribution >= 4 is 0 Å². The van der Waals surface area contributed by atoms with Crippen LogP contribution in [-0.2, 0) is 12.8 Å². The van der Waals surface area contributed by atoms with Gasteiger partial charge < -0.3 is 0 Å². The van der Waals surface area contributed by atoms with Gasteiger partial charge in [0.05, 0.1) is 0 Å². The lowest BCUT2D eigenvalue weighted by Gasteiger charge is -2.16. The molecule has 0 aliphatic carbocycles. The molecule has 0 fully saturated rings. The van der Waals surface area contributed by atoms with E-state index in [1.54, 1.807) is 0 Å². The molecule has 1 atom stereocenters. The van der Waals surface area contributed by atoms with Crippen LogP contribution < -0.4 is 11.3 Å². The lowest BCUT2D eigenvalue weighted by molar-refractivity contribution is 0.516. The normalized spacial score (nSPS) is 12.4. The molecule has 1 unspecified atom stereocenters. The van der Waals surface area contributed by atoms with Crippen molar-refractivity contribution in [2.45, 2.75) is 25.8 Å². The van der Waals surface area contributed by atoms with E-state index in [9.17, 15) is 8.78 Å². The Labute approximate surface area is 117 Å². The molecule has 0 spiro atoms. The predicted octanol–water partition coefficient (Wildman–Crippen LogP) is 2.89. The zero-order chi connectivity index (χ0) is 14.5. The molecule has 0 bridgehead atoms. The largest absolute Gasteiger partial charge is 0.271 e. The highest BCUT2D eigenvalue weighted by molar-refractivity contribution is 5.24. The summed E-state index contributed by atoms with van der Waals surface area (Å²) in [5, 5.41) is 0. The highest BCUT2D eigenvalue weighted by Crippen LogP contribution is 2.13. The van der Waals surface area contributed by atoms with Gasteiger partial charge in [0.25, 0.3) is 0 Å². The highest BCUT2D eigenvalue weighted by atomic mass is 19.1. The monoisotopic (exact) mass is 276 g/mol. The summed E-state index contributed by atoms with van der Waals surface area (Å²) in [6.07, 6.45) is 1.18. The second kappa shape index (κ2) is 6.59. The Kier molecular flexibility index (Phi) is 4.82. The second-order valence-electron chi connectivity index (χ2n) is 5.04. The van der Waals surface area contributed by atoms with E-state index in [2.05, 4.69) is 11.5 Å². The summed E-state index contributed by atoms with van der Waals surface area (Å²) >= 11 is 0. The van der Waals surface area contributed by atoms with E-state index in [0.717, 1.165) is 11.6 Å². The summed E-state index contributed by atoms with van der Waals surface area (Å²) in [4.78, 5) is 0. The molecule has 0 saturated heterocycles. The third-order valence-corrected chi connectivity index (χ3v) is 3.20. The zero-order valence-corrected chi connectivity index (χ0v) is 11.4. The summed E-state index contributed by atoms with van der Waals surface area (Å²) in [6.45, 7) is 2.02. The maximum Gasteiger partial charge on any atom is 0.126 e. The van der Waals surface area contributed by atoms with Gasteiger partial charge in [-0.05, 0) is 43.0 Å². The van der Waals surface area contributed by atoms with Crippen LogP contribution >= 0.6 is 0 Å². The van der Waals surface area contributed by atoms with Gasteiger partial charge in [-0.25, -0.2) is 8.78 Å². The van der Waals surface area contributed by atoms with E-state index < -0.39 is 11.6 Å². The van der Waals surface area contributed by atoms with E-state index in [1.165, 1.54) is 17.7 Å². The fourth-order valence-corrected chi connectivity index (χ4v) is 2.33. The van der Waals surface area contributed by atoms with Crippen molar-refractivity contribution in [1.29, 1.82) is 0 Å². The maximum absolute atomic E-state index is 13.2. The van der Waals surface area contributed by atoms with Crippen LogP contribution in [0.25, 0.3) is 0 Å². The second-order valence-corrected chi connectivity index (χ2v) is 5.04. The van der Waals surface area contributed by atoms with E-state index in [4.69, 9.17) is 5.84 Å². The minimum absolute atomic E-state index is 0.0713. The minimum Gasteiger partial charge on any atom is -0.271 e. The molecular weight excluding hydrogens is 258 g/mol. The number of nitrogens with two attached hydrogens (primary N) is 1. The molecule has 2 rings (SSSR count). The van der Waals surface area contributed by atoms with Crippen LogP contribution in [-0.4, -0.2) is 6.04 Å². The van der Waals surface area contributed by atoms with Crippen LogP contribution in [0.2, 0.25) is 0 Å². The molecule has 20 heavy (non-hydrogen) atoms. The quantitative estimate of drug-likeness (QED) is 0.651. The standard InChI is InChI=1S/C16H18F2N2/c1-11-3-2-4-12(5-11)8-16(20-19)9-13-6-14(17)10-15(18)7-13/h2-7,10,16,20H,8-9,19H2,1H3. The highest BCUT2D eigenvalue weighted by Gasteiger charge is 2.11. The average molecular weight is 276 g/mol. The summed E-state index contributed by atoms with van der Waals surface area (Å²) in [5.41, 5.74) is 5.63. The van der Waals surface area contributed by atoms with E-state index in [1.807, 2.05) is 25.1 Å². The number of rotatable bonds is 5. The molecule has 2 aromatic rings. The van der Waals surface area contributed by atoms with Crippen molar-refractivity contribution in [3.8, 4) is 0 Å². The predicted molar refractivity (Wildman–Crippen MR) is 76.1 cm³/mol. The molecule has 106 valence electrons. The van der Waals surface area contributed by atoms with E-state index >= 15 is 0 Å². The first-order valence-corrected chi connectivity index (χ1v) is 6.53. The molecule has 4 heteroatoms. The van der Waals surface area contributed by atoms with Gasteiger partial charge in [0.15, 0.2) is 0 Å². The number of benzene rings is 2. The summed E-state index contributed by atoms with van der Waals surface area (Å²) in [6, 6.07) is 11.6. The van der Waals surface area contributed by atoms with Gasteiger partial charge in [0, 0.05) is 12.1 Å². The molecule has 3 N–H and O–H groups in total. The van der Waals surface area contributed by atoms with Crippen molar-refractivity contribution in [2.75, 3.05) is 0 Å². The van der Waals surface area contributed by atoms with Gasteiger partial charge in [-0.2, -0.15) is 0 Å². The number of hydrazine groups is 1. The Bertz CT molecular complexity index is 564. The Morgan fingerprint density at radius 2 is 1.65 bits per heavy atom. The molecule has 0 aliphatic rings. The van der Waals surface area contributed by atoms with Gasteiger partial charge in [0.2, 0.25) is 0 Å². The van der Waals surface area contributed by atoms with Crippen LogP contribution in [0.5, 0.6) is 0 Å². The minimum atomic E-state index is -0.564. The molecule has 2 nitrogen and oxygen atoms in total. The Hall–Kier alpha value is -1.78. The fraction of sp³-hybridized carbons (Fsp3) is 0.250. The number of nitrogens with one attached hydrogen (secondary N) is 1. The Balaban J connectivity index is 2.09. The molecule has 2 aromatic carbocycles. The molecule has 0 aromatic heterocycles. The SMILES string of the molecule is Cc1cccc(CC(Cc2cc(F)cc(F)c2)NN)c1. The van der Waals surface area contributed by atoms with Crippen molar-refractivity contribution < 1.29 is 8.78 Å². The van der Waals surface area contributed by atoms with Crippen LogP contribution in [0.4, 0.5) is 8.78 Å². The van der Waals surface area contributed by atoms with Crippen molar-refractivity contribution in [3.63, 3.8) is 0 Å². The molecule has 0 amide bonds. The maximum atomic E-state index is 13.2. The summed E-state index contributed by atoms with van der Waals surface area (Å²) in [5.74, 6) is 4.42. The van der Waals surface area contributed by atoms with E-state index in [0.29, 0.717) is 18.4 Å². The van der Waals surface area contributed by atoms with Gasteiger partial charge >= 0.3 is 0 Å². The number of hydrogen-bond acceptors (Lipinski definition) is 2. The van der Waals surface area contributed by atoms with Crippen LogP contribution in [0, 0.1) is 18.6 Å². The van der Waals surface area contributed by atoms with Crippen LogP contribution in [0.1, 0.15) is 16.7 Å². The first-order chi connectivity index (χ1) is 9.56. The van der Waals surface area contributed by atoms with Gasteiger partial charge in [-0.3, -0.25) is 11.3 Å². The van der Waals surface area contributed by atoms with Gasteiger partial charge in [0.1, 0.15) is 11.6 Å². The van der Waals surface area contributed by atoms with E-state index in [-0.39, 0.29) is 6.04 Å². The number of hydrogen-bond donors (Lipinski definition) is 2. The number of halogens is 2. The molecule has 0 radical (unpaired) electrons. The smallest absolute Gasteiger partial charge is 0.126 e. The lowest BCUT2D eigenvalue weighted by Crippen LogP contribution is -2.38. The molecule has 0 heterocycles. The van der Waals surface area contributed by atoms with Crippen molar-refractivity contribution in [2.24, 2.45) is 5.84 Å². The van der Waals surface area contributed by atoms with Crippen molar-refractivity contribution in [1.82, 2.24) is 5.43 Å². The summed E-state index contributed by atoms with van der Waals surface area (Å²) in [7, 11) is 0. The molecular formula is C16H18F2N2. The van der Waals surface area contributed by atoms with Gasteiger partial charge in [-0.1, -0.05) is 29.8 Å². The first-order valence-electron chi connectivity index (χ1n) is 6.53. The van der Waals surface area contributed by atoms with Crippen LogP contribution in [0.3, 0.4) is 0 Å². The Morgan fingerprint density at radius 3 is 2.25 bits per heavy atom. The molecule has 0 aliphatic heterocycles. The number of aryl methyl sites for hydroxylation is 1. The molecule has 0 saturated carbocycles. The third kappa shape index (κ3) is 4.11. The van der Waals surface area contributed by atoms with Crippen LogP contribution in [0.15, 0.2) is 42.5 Å². The Morgan fingerprint density at radius 1 is 1.00 bits per heavy atom. The third-order valence-electron chi connectivity index (χ3n) is 3.20. The topological polar surface area (TPSA) is 38.0 Å². The zero-order valence-electron chi connectivity index (χ0n) is 11.4. The summed E-state index contributed by atoms with van der Waals surface area (Å²) < 4.78 is 26.3. The fourth-order valence-electron chi connectivity index (χ4n) is 2.33. The van der Waals surface area contributed by atoms with Gasteiger partial charge in [-0.15, -0.1) is 0 Å². The average Bonchev–Trinajstić information content (AvgIpc) is 2.36. The van der Waals surface area contributed by atoms with Crippen molar-refractivity contribution in [3.05, 3.63) is 70.8 Å².